The van der Waals surface area contributed by atoms with Crippen molar-refractivity contribution in [3.63, 3.8) is 0 Å². The molecule has 1 saturated heterocycles. The second-order valence-corrected chi connectivity index (χ2v) is 10.1. The Balaban J connectivity index is 1.24. The lowest BCUT2D eigenvalue weighted by molar-refractivity contribution is -0.231. The minimum Gasteiger partial charge on any atom is -0.491 e. The van der Waals surface area contributed by atoms with Crippen LogP contribution >= 0.6 is 11.6 Å². The normalized spacial score (nSPS) is 27.2. The van der Waals surface area contributed by atoms with Crippen LogP contribution in [0.25, 0.3) is 0 Å². The summed E-state index contributed by atoms with van der Waals surface area (Å²) >= 11 is 6.46. The van der Waals surface area contributed by atoms with Crippen LogP contribution in [-0.4, -0.2) is 58.1 Å². The first-order chi connectivity index (χ1) is 17.8. The van der Waals surface area contributed by atoms with Crippen LogP contribution in [-0.2, 0) is 22.5 Å². The number of hydrogen-bond acceptors (Lipinski definition) is 7. The second-order valence-electron chi connectivity index (χ2n) is 9.73. The number of halogens is 1. The predicted octanol–water partition coefficient (Wildman–Crippen LogP) is 3.40. The molecule has 1 fully saturated rings. The standard InChI is InChI=1S/C29H31ClO7/c1-16-2-8-22-20(10-16)14-36-25(22)15-35-21-6-3-17(4-7-21)11-19-12-18(5-9-23(19)30)29-28(34)27(33)26(32)24(13-31)37-29/h2-10,12,24-29,31-34H,11,13-15H2,1H3/t24-,25-,26-,27+,28-,29+/m1/s1. The van der Waals surface area contributed by atoms with E-state index in [0.29, 0.717) is 30.2 Å². The first-order valence-corrected chi connectivity index (χ1v) is 12.7. The summed E-state index contributed by atoms with van der Waals surface area (Å²) in [5, 5.41) is 40.7. The van der Waals surface area contributed by atoms with E-state index in [1.165, 1.54) is 16.7 Å². The SMILES string of the molecule is Cc1ccc2c(c1)CO[C@@H]2COc1ccc(Cc2cc([C@@H]3O[C@H](CO)[C@@H](O)[C@H](O)[C@H]3O)ccc2Cl)cc1. The zero-order valence-corrected chi connectivity index (χ0v) is 21.2. The summed E-state index contributed by atoms with van der Waals surface area (Å²) in [6, 6.07) is 19.4. The number of aryl methyl sites for hydroxylation is 1. The van der Waals surface area contributed by atoms with Crippen LogP contribution in [0.3, 0.4) is 0 Å². The molecule has 2 aliphatic heterocycles. The van der Waals surface area contributed by atoms with Gasteiger partial charge >= 0.3 is 0 Å². The molecule has 0 bridgehead atoms. The van der Waals surface area contributed by atoms with Crippen LogP contribution in [0.4, 0.5) is 0 Å². The molecule has 196 valence electrons. The Bertz CT molecular complexity index is 1230. The fraction of sp³-hybridized carbons (Fsp3) is 0.379. The Morgan fingerprint density at radius 3 is 2.49 bits per heavy atom. The number of aliphatic hydroxyl groups excluding tert-OH is 4. The van der Waals surface area contributed by atoms with E-state index in [1.54, 1.807) is 12.1 Å². The van der Waals surface area contributed by atoms with Crippen molar-refractivity contribution in [2.45, 2.75) is 56.6 Å². The molecular formula is C29H31ClO7. The van der Waals surface area contributed by atoms with E-state index in [4.69, 9.17) is 25.8 Å². The Morgan fingerprint density at radius 1 is 0.946 bits per heavy atom. The van der Waals surface area contributed by atoms with Crippen molar-refractivity contribution in [3.05, 3.63) is 99.1 Å². The van der Waals surface area contributed by atoms with Crippen LogP contribution in [0.1, 0.15) is 45.6 Å². The third kappa shape index (κ3) is 5.54. The third-order valence-corrected chi connectivity index (χ3v) is 7.46. The van der Waals surface area contributed by atoms with Gasteiger partial charge in [-0.1, -0.05) is 59.6 Å². The minimum absolute atomic E-state index is 0.0840. The van der Waals surface area contributed by atoms with E-state index in [-0.39, 0.29) is 6.10 Å². The van der Waals surface area contributed by atoms with Crippen molar-refractivity contribution in [1.82, 2.24) is 0 Å². The molecule has 0 unspecified atom stereocenters. The highest BCUT2D eigenvalue weighted by molar-refractivity contribution is 6.31. The molecule has 2 aliphatic rings. The fourth-order valence-electron chi connectivity index (χ4n) is 4.97. The predicted molar refractivity (Wildman–Crippen MR) is 138 cm³/mol. The zero-order valence-electron chi connectivity index (χ0n) is 20.5. The van der Waals surface area contributed by atoms with Gasteiger partial charge < -0.3 is 34.6 Å². The van der Waals surface area contributed by atoms with E-state index < -0.39 is 37.1 Å². The van der Waals surface area contributed by atoms with Crippen LogP contribution in [0.5, 0.6) is 5.75 Å². The molecule has 2 heterocycles. The minimum atomic E-state index is -1.44. The van der Waals surface area contributed by atoms with Crippen molar-refractivity contribution in [3.8, 4) is 5.75 Å². The summed E-state index contributed by atoms with van der Waals surface area (Å²) in [5.74, 6) is 0.745. The van der Waals surface area contributed by atoms with Gasteiger partial charge in [0, 0.05) is 5.02 Å². The molecule has 0 aromatic heterocycles. The number of benzene rings is 3. The van der Waals surface area contributed by atoms with Gasteiger partial charge in [0.1, 0.15) is 49.0 Å². The van der Waals surface area contributed by atoms with Gasteiger partial charge in [-0.05, 0) is 59.4 Å². The summed E-state index contributed by atoms with van der Waals surface area (Å²) in [7, 11) is 0. The van der Waals surface area contributed by atoms with Gasteiger partial charge in [-0.15, -0.1) is 0 Å². The van der Waals surface area contributed by atoms with Crippen LogP contribution < -0.4 is 4.74 Å². The molecule has 0 amide bonds. The lowest BCUT2D eigenvalue weighted by Crippen LogP contribution is -2.55. The molecular weight excluding hydrogens is 496 g/mol. The van der Waals surface area contributed by atoms with Gasteiger partial charge in [0.2, 0.25) is 0 Å². The molecule has 0 spiro atoms. The van der Waals surface area contributed by atoms with E-state index >= 15 is 0 Å². The molecule has 8 heteroatoms. The van der Waals surface area contributed by atoms with Gasteiger partial charge in [-0.25, -0.2) is 0 Å². The largest absolute Gasteiger partial charge is 0.491 e. The van der Waals surface area contributed by atoms with Gasteiger partial charge in [0.15, 0.2) is 0 Å². The summed E-state index contributed by atoms with van der Waals surface area (Å²) in [5.41, 5.74) is 6.04. The van der Waals surface area contributed by atoms with E-state index in [0.717, 1.165) is 16.9 Å². The van der Waals surface area contributed by atoms with Crippen molar-refractivity contribution < 1.29 is 34.6 Å². The van der Waals surface area contributed by atoms with Crippen LogP contribution in [0, 0.1) is 6.92 Å². The third-order valence-electron chi connectivity index (χ3n) is 7.10. The molecule has 6 atom stereocenters. The molecule has 0 aliphatic carbocycles. The van der Waals surface area contributed by atoms with Gasteiger partial charge in [0.05, 0.1) is 13.2 Å². The summed E-state index contributed by atoms with van der Waals surface area (Å²) in [6.07, 6.45) is -5.61. The molecule has 5 rings (SSSR count). The number of rotatable bonds is 7. The monoisotopic (exact) mass is 526 g/mol. The van der Waals surface area contributed by atoms with E-state index in [2.05, 4.69) is 25.1 Å². The number of aliphatic hydroxyl groups is 4. The molecule has 0 radical (unpaired) electrons. The highest BCUT2D eigenvalue weighted by Crippen LogP contribution is 2.35. The molecule has 7 nitrogen and oxygen atoms in total. The van der Waals surface area contributed by atoms with Gasteiger partial charge in [0.25, 0.3) is 0 Å². The summed E-state index contributed by atoms with van der Waals surface area (Å²) in [4.78, 5) is 0. The highest BCUT2D eigenvalue weighted by atomic mass is 35.5. The number of ether oxygens (including phenoxy) is 3. The first kappa shape index (κ1) is 26.1. The Morgan fingerprint density at radius 2 is 1.73 bits per heavy atom. The Hall–Kier alpha value is -2.49. The lowest BCUT2D eigenvalue weighted by Gasteiger charge is -2.40. The number of hydrogen-bond donors (Lipinski definition) is 4. The molecule has 4 N–H and O–H groups in total. The Kier molecular flexibility index (Phi) is 7.83. The smallest absolute Gasteiger partial charge is 0.119 e. The van der Waals surface area contributed by atoms with Crippen LogP contribution in [0.2, 0.25) is 5.02 Å². The zero-order chi connectivity index (χ0) is 26.1. The average Bonchev–Trinajstić information content (AvgIpc) is 3.30. The maximum absolute atomic E-state index is 10.5. The fourth-order valence-corrected chi connectivity index (χ4v) is 5.16. The van der Waals surface area contributed by atoms with Gasteiger partial charge in [-0.3, -0.25) is 0 Å². The molecule has 37 heavy (non-hydrogen) atoms. The van der Waals surface area contributed by atoms with E-state index in [1.807, 2.05) is 30.3 Å². The average molecular weight is 527 g/mol. The van der Waals surface area contributed by atoms with Crippen LogP contribution in [0.15, 0.2) is 60.7 Å². The quantitative estimate of drug-likeness (QED) is 0.373. The topological polar surface area (TPSA) is 109 Å². The molecule has 0 saturated carbocycles. The van der Waals surface area contributed by atoms with E-state index in [9.17, 15) is 20.4 Å². The van der Waals surface area contributed by atoms with Crippen molar-refractivity contribution in [1.29, 1.82) is 0 Å². The highest BCUT2D eigenvalue weighted by Gasteiger charge is 2.44. The van der Waals surface area contributed by atoms with Crippen molar-refractivity contribution in [2.75, 3.05) is 13.2 Å². The van der Waals surface area contributed by atoms with Crippen molar-refractivity contribution >= 4 is 11.6 Å². The molecule has 3 aromatic rings. The first-order valence-electron chi connectivity index (χ1n) is 12.4. The number of fused-ring (bicyclic) bond motifs is 1. The van der Waals surface area contributed by atoms with Crippen molar-refractivity contribution in [2.24, 2.45) is 0 Å². The summed E-state index contributed by atoms with van der Waals surface area (Å²) < 4.78 is 17.6. The maximum atomic E-state index is 10.5. The second kappa shape index (κ2) is 11.1. The summed E-state index contributed by atoms with van der Waals surface area (Å²) in [6.45, 7) is 2.63. The van der Waals surface area contributed by atoms with Gasteiger partial charge in [-0.2, -0.15) is 0 Å². The lowest BCUT2D eigenvalue weighted by atomic mass is 9.90. The Labute approximate surface area is 220 Å². The molecule has 3 aromatic carbocycles. The maximum Gasteiger partial charge on any atom is 0.119 e.